The molecule has 24 heavy (non-hydrogen) atoms. The fourth-order valence-electron chi connectivity index (χ4n) is 3.26. The minimum Gasteiger partial charge on any atom is -0.387 e. The fourth-order valence-corrected chi connectivity index (χ4v) is 3.26. The lowest BCUT2D eigenvalue weighted by Gasteiger charge is -2.33. The van der Waals surface area contributed by atoms with Crippen LogP contribution in [0.15, 0.2) is 12.4 Å². The quantitative estimate of drug-likeness (QED) is 0.864. The predicted octanol–water partition coefficient (Wildman–Crippen LogP) is 0.509. The van der Waals surface area contributed by atoms with E-state index < -0.39 is 5.60 Å². The lowest BCUT2D eigenvalue weighted by molar-refractivity contribution is -0.0257. The maximum atomic E-state index is 12.6. The molecule has 0 aromatic carbocycles. The van der Waals surface area contributed by atoms with E-state index in [9.17, 15) is 9.90 Å². The smallest absolute Gasteiger partial charge is 0.257 e. The van der Waals surface area contributed by atoms with Crippen molar-refractivity contribution in [2.75, 3.05) is 45.9 Å². The molecule has 1 amide bonds. The number of rotatable bonds is 4. The van der Waals surface area contributed by atoms with E-state index in [2.05, 4.69) is 14.9 Å². The topological polar surface area (TPSA) is 78.8 Å². The Labute approximate surface area is 142 Å². The second-order valence-electron chi connectivity index (χ2n) is 7.07. The van der Waals surface area contributed by atoms with Crippen LogP contribution in [0.1, 0.15) is 42.4 Å². The Morgan fingerprint density at radius 1 is 1.29 bits per heavy atom. The van der Waals surface area contributed by atoms with Gasteiger partial charge >= 0.3 is 0 Å². The third-order valence-corrected chi connectivity index (χ3v) is 4.68. The highest BCUT2D eigenvalue weighted by Crippen LogP contribution is 2.24. The molecule has 2 aliphatic rings. The number of amides is 1. The number of carbonyl (C=O) groups excluding carboxylic acids is 1. The summed E-state index contributed by atoms with van der Waals surface area (Å²) >= 11 is 0. The van der Waals surface area contributed by atoms with Gasteiger partial charge in [0.1, 0.15) is 5.82 Å². The molecule has 7 nitrogen and oxygen atoms in total. The molecule has 0 aliphatic carbocycles. The highest BCUT2D eigenvalue weighted by molar-refractivity contribution is 5.93. The van der Waals surface area contributed by atoms with E-state index in [0.717, 1.165) is 18.9 Å². The molecule has 0 radical (unpaired) electrons. The average molecular weight is 334 g/mol. The third-order valence-electron chi connectivity index (χ3n) is 4.68. The van der Waals surface area contributed by atoms with Crippen molar-refractivity contribution >= 4 is 5.91 Å². The van der Waals surface area contributed by atoms with E-state index in [4.69, 9.17) is 4.74 Å². The summed E-state index contributed by atoms with van der Waals surface area (Å²) in [5, 5.41) is 10.8. The van der Waals surface area contributed by atoms with Gasteiger partial charge in [0.05, 0.1) is 30.9 Å². The Kier molecular flexibility index (Phi) is 5.12. The van der Waals surface area contributed by atoms with Crippen LogP contribution in [-0.4, -0.2) is 82.3 Å². The third kappa shape index (κ3) is 3.91. The normalized spacial score (nSPS) is 25.4. The van der Waals surface area contributed by atoms with Crippen LogP contribution in [0, 0.1) is 0 Å². The highest BCUT2D eigenvalue weighted by atomic mass is 16.5. The summed E-state index contributed by atoms with van der Waals surface area (Å²) in [7, 11) is 0. The summed E-state index contributed by atoms with van der Waals surface area (Å²) < 4.78 is 5.34. The van der Waals surface area contributed by atoms with Gasteiger partial charge in [0.25, 0.3) is 5.91 Å². The highest BCUT2D eigenvalue weighted by Gasteiger charge is 2.40. The summed E-state index contributed by atoms with van der Waals surface area (Å²) in [6, 6.07) is 0. The number of aromatic nitrogens is 2. The van der Waals surface area contributed by atoms with Crippen LogP contribution >= 0.6 is 0 Å². The number of hydrogen-bond acceptors (Lipinski definition) is 6. The number of nitrogens with zero attached hydrogens (tertiary/aromatic N) is 4. The van der Waals surface area contributed by atoms with Crippen molar-refractivity contribution < 1.29 is 14.6 Å². The van der Waals surface area contributed by atoms with Crippen LogP contribution < -0.4 is 0 Å². The molecule has 2 saturated heterocycles. The van der Waals surface area contributed by atoms with Crippen molar-refractivity contribution in [2.24, 2.45) is 0 Å². The van der Waals surface area contributed by atoms with Gasteiger partial charge in [-0.3, -0.25) is 9.69 Å². The minimum absolute atomic E-state index is 0.108. The van der Waals surface area contributed by atoms with Crippen LogP contribution in [0.3, 0.4) is 0 Å². The van der Waals surface area contributed by atoms with Gasteiger partial charge in [0.2, 0.25) is 0 Å². The lowest BCUT2D eigenvalue weighted by Crippen LogP contribution is -2.49. The minimum atomic E-state index is -0.842. The van der Waals surface area contributed by atoms with E-state index in [-0.39, 0.29) is 11.8 Å². The summed E-state index contributed by atoms with van der Waals surface area (Å²) in [6.07, 6.45) is 3.77. The van der Waals surface area contributed by atoms with Crippen molar-refractivity contribution in [2.45, 2.75) is 31.8 Å². The summed E-state index contributed by atoms with van der Waals surface area (Å²) in [5.74, 6) is 0.861. The molecular formula is C17H26N4O3. The van der Waals surface area contributed by atoms with E-state index in [0.29, 0.717) is 44.8 Å². The molecule has 0 unspecified atom stereocenters. The standard InChI is InChI=1S/C17H26N4O3/c1-13(2)15-18-9-14(10-19-15)16(22)21-4-3-17(23,12-21)11-20-5-7-24-8-6-20/h9-10,13,23H,3-8,11-12H2,1-2H3/t17-/m1/s1. The first kappa shape index (κ1) is 17.3. The Balaban J connectivity index is 1.60. The zero-order valence-electron chi connectivity index (χ0n) is 14.4. The van der Waals surface area contributed by atoms with Crippen molar-refractivity contribution in [3.05, 3.63) is 23.8 Å². The lowest BCUT2D eigenvalue weighted by atomic mass is 10.0. The summed E-state index contributed by atoms with van der Waals surface area (Å²) in [4.78, 5) is 25.0. The summed E-state index contributed by atoms with van der Waals surface area (Å²) in [6.45, 7) is 8.62. The molecule has 1 aromatic heterocycles. The summed E-state index contributed by atoms with van der Waals surface area (Å²) in [5.41, 5.74) is -0.360. The van der Waals surface area contributed by atoms with Crippen LogP contribution in [-0.2, 0) is 4.74 Å². The number of morpholine rings is 1. The zero-order chi connectivity index (χ0) is 17.2. The first-order valence-corrected chi connectivity index (χ1v) is 8.60. The van der Waals surface area contributed by atoms with Crippen LogP contribution in [0.5, 0.6) is 0 Å². The Morgan fingerprint density at radius 2 is 1.96 bits per heavy atom. The van der Waals surface area contributed by atoms with Gasteiger partial charge in [0.15, 0.2) is 0 Å². The van der Waals surface area contributed by atoms with E-state index in [1.165, 1.54) is 0 Å². The van der Waals surface area contributed by atoms with Crippen LogP contribution in [0.2, 0.25) is 0 Å². The van der Waals surface area contributed by atoms with Crippen molar-refractivity contribution in [3.63, 3.8) is 0 Å². The maximum absolute atomic E-state index is 12.6. The molecule has 2 aliphatic heterocycles. The average Bonchev–Trinajstić information content (AvgIpc) is 2.97. The number of ether oxygens (including phenoxy) is 1. The van der Waals surface area contributed by atoms with Crippen molar-refractivity contribution in [1.82, 2.24) is 19.8 Å². The number of β-amino-alcohol motifs (C(OH)–C–C–N with tert-alkyl or cyclic N) is 1. The fraction of sp³-hybridized carbons (Fsp3) is 0.706. The Bertz CT molecular complexity index is 572. The SMILES string of the molecule is CC(C)c1ncc(C(=O)N2CC[C@@](O)(CN3CCOCC3)C2)cn1. The van der Waals surface area contributed by atoms with E-state index in [1.807, 2.05) is 13.8 Å². The molecule has 0 saturated carbocycles. The second kappa shape index (κ2) is 7.13. The van der Waals surface area contributed by atoms with E-state index >= 15 is 0 Å². The predicted molar refractivity (Wildman–Crippen MR) is 88.9 cm³/mol. The van der Waals surface area contributed by atoms with E-state index in [1.54, 1.807) is 17.3 Å². The molecular weight excluding hydrogens is 308 g/mol. The molecule has 1 atom stereocenters. The zero-order valence-corrected chi connectivity index (χ0v) is 14.4. The van der Waals surface area contributed by atoms with Gasteiger partial charge in [-0.15, -0.1) is 0 Å². The molecule has 7 heteroatoms. The molecule has 132 valence electrons. The molecule has 1 aromatic rings. The van der Waals surface area contributed by atoms with Gasteiger partial charge in [-0.05, 0) is 6.42 Å². The Hall–Kier alpha value is -1.57. The van der Waals surface area contributed by atoms with Gasteiger partial charge in [-0.1, -0.05) is 13.8 Å². The number of carbonyl (C=O) groups is 1. The number of hydrogen-bond donors (Lipinski definition) is 1. The van der Waals surface area contributed by atoms with Gasteiger partial charge in [-0.25, -0.2) is 9.97 Å². The first-order valence-electron chi connectivity index (χ1n) is 8.60. The molecule has 3 heterocycles. The van der Waals surface area contributed by atoms with Crippen molar-refractivity contribution in [3.8, 4) is 0 Å². The Morgan fingerprint density at radius 3 is 2.58 bits per heavy atom. The second-order valence-corrected chi connectivity index (χ2v) is 7.07. The monoisotopic (exact) mass is 334 g/mol. The number of likely N-dealkylation sites (tertiary alicyclic amines) is 1. The van der Waals surface area contributed by atoms with Crippen molar-refractivity contribution in [1.29, 1.82) is 0 Å². The van der Waals surface area contributed by atoms with Crippen LogP contribution in [0.25, 0.3) is 0 Å². The van der Waals surface area contributed by atoms with Gasteiger partial charge < -0.3 is 14.7 Å². The van der Waals surface area contributed by atoms with Gasteiger partial charge in [-0.2, -0.15) is 0 Å². The molecule has 1 N–H and O–H groups in total. The molecule has 2 fully saturated rings. The number of aliphatic hydroxyl groups is 1. The molecule has 0 bridgehead atoms. The first-order chi connectivity index (χ1) is 11.5. The van der Waals surface area contributed by atoms with Gasteiger partial charge in [0, 0.05) is 44.5 Å². The van der Waals surface area contributed by atoms with Crippen LogP contribution in [0.4, 0.5) is 0 Å². The molecule has 3 rings (SSSR count). The maximum Gasteiger partial charge on any atom is 0.257 e. The largest absolute Gasteiger partial charge is 0.387 e. The molecule has 0 spiro atoms.